The molecule has 5 heteroatoms. The van der Waals surface area contributed by atoms with Gasteiger partial charge in [0.1, 0.15) is 0 Å². The van der Waals surface area contributed by atoms with Gasteiger partial charge >= 0.3 is 5.97 Å². The summed E-state index contributed by atoms with van der Waals surface area (Å²) in [5.41, 5.74) is 0.206. The SMILES string of the molecule is O=C(O)c1csc2c(Cl)ccc(Cl)c12. The molecular formula is C9H4Cl2O2S. The van der Waals surface area contributed by atoms with Crippen LogP contribution in [0.3, 0.4) is 0 Å². The molecule has 0 saturated heterocycles. The Morgan fingerprint density at radius 1 is 1.29 bits per heavy atom. The minimum Gasteiger partial charge on any atom is -0.478 e. The average Bonchev–Trinajstić information content (AvgIpc) is 2.56. The highest BCUT2D eigenvalue weighted by atomic mass is 35.5. The van der Waals surface area contributed by atoms with Crippen molar-refractivity contribution in [3.05, 3.63) is 33.1 Å². The molecule has 0 radical (unpaired) electrons. The van der Waals surface area contributed by atoms with E-state index < -0.39 is 5.97 Å². The van der Waals surface area contributed by atoms with E-state index in [9.17, 15) is 4.79 Å². The normalized spacial score (nSPS) is 10.7. The maximum Gasteiger partial charge on any atom is 0.337 e. The summed E-state index contributed by atoms with van der Waals surface area (Å²) in [5.74, 6) is -0.986. The number of carbonyl (C=O) groups is 1. The van der Waals surface area contributed by atoms with E-state index in [1.54, 1.807) is 17.5 Å². The second kappa shape index (κ2) is 3.42. The number of thiophene rings is 1. The van der Waals surface area contributed by atoms with Crippen LogP contribution in [-0.4, -0.2) is 11.1 Å². The number of hydrogen-bond donors (Lipinski definition) is 1. The lowest BCUT2D eigenvalue weighted by Crippen LogP contribution is -1.93. The van der Waals surface area contributed by atoms with Crippen LogP contribution in [0.2, 0.25) is 10.0 Å². The van der Waals surface area contributed by atoms with Crippen LogP contribution in [0, 0.1) is 0 Å². The minimum absolute atomic E-state index is 0.206. The quantitative estimate of drug-likeness (QED) is 0.829. The Morgan fingerprint density at radius 3 is 2.57 bits per heavy atom. The van der Waals surface area contributed by atoms with Crippen LogP contribution < -0.4 is 0 Å². The molecule has 14 heavy (non-hydrogen) atoms. The third-order valence-corrected chi connectivity index (χ3v) is 3.61. The molecule has 0 spiro atoms. The highest BCUT2D eigenvalue weighted by molar-refractivity contribution is 7.18. The lowest BCUT2D eigenvalue weighted by Gasteiger charge is -1.97. The lowest BCUT2D eigenvalue weighted by molar-refractivity contribution is 0.0699. The molecule has 1 heterocycles. The van der Waals surface area contributed by atoms with Crippen LogP contribution in [0.15, 0.2) is 17.5 Å². The molecule has 0 bridgehead atoms. The number of aromatic carboxylic acids is 1. The van der Waals surface area contributed by atoms with E-state index in [-0.39, 0.29) is 5.56 Å². The highest BCUT2D eigenvalue weighted by Crippen LogP contribution is 2.36. The van der Waals surface area contributed by atoms with Crippen LogP contribution >= 0.6 is 34.5 Å². The predicted octanol–water partition coefficient (Wildman–Crippen LogP) is 3.91. The Balaban J connectivity index is 2.90. The largest absolute Gasteiger partial charge is 0.478 e. The third-order valence-electron chi connectivity index (χ3n) is 1.85. The first-order chi connectivity index (χ1) is 6.61. The van der Waals surface area contributed by atoms with Crippen LogP contribution in [0.25, 0.3) is 10.1 Å². The third kappa shape index (κ3) is 1.38. The number of benzene rings is 1. The van der Waals surface area contributed by atoms with Crippen molar-refractivity contribution in [3.63, 3.8) is 0 Å². The van der Waals surface area contributed by atoms with Gasteiger partial charge in [-0.25, -0.2) is 4.79 Å². The molecule has 0 aliphatic rings. The van der Waals surface area contributed by atoms with Crippen molar-refractivity contribution in [2.45, 2.75) is 0 Å². The Hall–Kier alpha value is -0.770. The summed E-state index contributed by atoms with van der Waals surface area (Å²) in [6.45, 7) is 0. The molecule has 0 aliphatic carbocycles. The maximum absolute atomic E-state index is 10.8. The van der Waals surface area contributed by atoms with Gasteiger partial charge in [0.05, 0.1) is 20.3 Å². The van der Waals surface area contributed by atoms with Crippen LogP contribution in [0.4, 0.5) is 0 Å². The molecule has 2 aromatic rings. The van der Waals surface area contributed by atoms with Crippen LogP contribution in [-0.2, 0) is 0 Å². The second-order valence-corrected chi connectivity index (χ2v) is 4.38. The molecule has 1 aromatic carbocycles. The van der Waals surface area contributed by atoms with Gasteiger partial charge in [0, 0.05) is 10.8 Å². The van der Waals surface area contributed by atoms with Crippen LogP contribution in [0.5, 0.6) is 0 Å². The molecule has 1 N–H and O–H groups in total. The number of carboxylic acid groups (broad SMARTS) is 1. The van der Waals surface area contributed by atoms with Gasteiger partial charge in [-0.05, 0) is 12.1 Å². The monoisotopic (exact) mass is 246 g/mol. The van der Waals surface area contributed by atoms with Crippen molar-refractivity contribution in [2.24, 2.45) is 0 Å². The summed E-state index contributed by atoms with van der Waals surface area (Å²) in [5, 5.41) is 11.9. The summed E-state index contributed by atoms with van der Waals surface area (Å²) in [6, 6.07) is 3.26. The molecule has 0 saturated carbocycles. The van der Waals surface area contributed by atoms with E-state index in [0.29, 0.717) is 15.4 Å². The van der Waals surface area contributed by atoms with Crippen molar-refractivity contribution < 1.29 is 9.90 Å². The summed E-state index contributed by atoms with van der Waals surface area (Å²) in [7, 11) is 0. The van der Waals surface area contributed by atoms with E-state index in [0.717, 1.165) is 4.70 Å². The molecule has 72 valence electrons. The van der Waals surface area contributed by atoms with Gasteiger partial charge in [0.15, 0.2) is 0 Å². The van der Waals surface area contributed by atoms with Gasteiger partial charge < -0.3 is 5.11 Å². The summed E-state index contributed by atoms with van der Waals surface area (Å²) in [4.78, 5) is 10.8. The number of hydrogen-bond acceptors (Lipinski definition) is 2. The van der Waals surface area contributed by atoms with Gasteiger partial charge in [-0.2, -0.15) is 0 Å². The Labute approximate surface area is 93.7 Å². The second-order valence-electron chi connectivity index (χ2n) is 2.69. The van der Waals surface area contributed by atoms with Gasteiger partial charge in [0.2, 0.25) is 0 Å². The van der Waals surface area contributed by atoms with Crippen LogP contribution in [0.1, 0.15) is 10.4 Å². The van der Waals surface area contributed by atoms with Crippen molar-refractivity contribution in [2.75, 3.05) is 0 Å². The topological polar surface area (TPSA) is 37.3 Å². The van der Waals surface area contributed by atoms with Gasteiger partial charge in [-0.15, -0.1) is 11.3 Å². The molecule has 0 aliphatic heterocycles. The number of fused-ring (bicyclic) bond motifs is 1. The molecule has 0 unspecified atom stereocenters. The van der Waals surface area contributed by atoms with E-state index in [4.69, 9.17) is 28.3 Å². The molecule has 0 atom stereocenters. The Bertz CT molecular complexity index is 519. The first-order valence-electron chi connectivity index (χ1n) is 3.69. The molecule has 2 nitrogen and oxygen atoms in total. The zero-order valence-electron chi connectivity index (χ0n) is 6.75. The molecule has 2 rings (SSSR count). The van der Waals surface area contributed by atoms with Gasteiger partial charge in [-0.3, -0.25) is 0 Å². The first-order valence-corrected chi connectivity index (χ1v) is 5.33. The fourth-order valence-electron chi connectivity index (χ4n) is 1.23. The fourth-order valence-corrected chi connectivity index (χ4v) is 2.81. The van der Waals surface area contributed by atoms with Gasteiger partial charge in [0.25, 0.3) is 0 Å². The molecular weight excluding hydrogens is 243 g/mol. The fraction of sp³-hybridized carbons (Fsp3) is 0. The smallest absolute Gasteiger partial charge is 0.337 e. The van der Waals surface area contributed by atoms with E-state index in [1.165, 1.54) is 11.3 Å². The highest BCUT2D eigenvalue weighted by Gasteiger charge is 2.15. The Morgan fingerprint density at radius 2 is 1.93 bits per heavy atom. The minimum atomic E-state index is -0.986. The zero-order valence-corrected chi connectivity index (χ0v) is 9.08. The van der Waals surface area contributed by atoms with Crippen molar-refractivity contribution >= 4 is 50.6 Å². The van der Waals surface area contributed by atoms with Gasteiger partial charge in [-0.1, -0.05) is 23.2 Å². The van der Waals surface area contributed by atoms with Crippen molar-refractivity contribution in [1.29, 1.82) is 0 Å². The standard InChI is InChI=1S/C9H4Cl2O2S/c10-5-1-2-6(11)8-7(5)4(3-14-8)9(12)13/h1-3H,(H,12,13). The number of rotatable bonds is 1. The first kappa shape index (κ1) is 9.77. The summed E-state index contributed by atoms with van der Waals surface area (Å²) >= 11 is 13.1. The van der Waals surface area contributed by atoms with E-state index in [1.807, 2.05) is 0 Å². The van der Waals surface area contributed by atoms with Crippen molar-refractivity contribution in [3.8, 4) is 0 Å². The Kier molecular flexibility index (Phi) is 2.39. The summed E-state index contributed by atoms with van der Waals surface area (Å²) in [6.07, 6.45) is 0. The van der Waals surface area contributed by atoms with E-state index >= 15 is 0 Å². The molecule has 0 fully saturated rings. The predicted molar refractivity (Wildman–Crippen MR) is 58.8 cm³/mol. The van der Waals surface area contributed by atoms with E-state index in [2.05, 4.69) is 0 Å². The molecule has 0 amide bonds. The van der Waals surface area contributed by atoms with Crippen molar-refractivity contribution in [1.82, 2.24) is 0 Å². The maximum atomic E-state index is 10.8. The number of halogens is 2. The summed E-state index contributed by atoms with van der Waals surface area (Å²) < 4.78 is 0.719. The molecule has 1 aromatic heterocycles. The number of carboxylic acids is 1. The average molecular weight is 247 g/mol. The zero-order chi connectivity index (χ0) is 10.3. The lowest BCUT2D eigenvalue weighted by atomic mass is 10.2.